The maximum atomic E-state index is 13.9. The normalized spacial score (nSPS) is 10.9. The van der Waals surface area contributed by atoms with E-state index in [1.54, 1.807) is 18.2 Å². The number of amides is 1. The summed E-state index contributed by atoms with van der Waals surface area (Å²) >= 11 is 5.94. The summed E-state index contributed by atoms with van der Waals surface area (Å²) in [5, 5.41) is 2.69. The zero-order chi connectivity index (χ0) is 19.0. The summed E-state index contributed by atoms with van der Waals surface area (Å²) in [6.07, 6.45) is 0. The van der Waals surface area contributed by atoms with Gasteiger partial charge in [-0.1, -0.05) is 35.4 Å². The van der Waals surface area contributed by atoms with Crippen molar-refractivity contribution in [3.05, 3.63) is 82.6 Å². The van der Waals surface area contributed by atoms with E-state index in [1.165, 1.54) is 18.2 Å². The molecule has 27 heavy (non-hydrogen) atoms. The Morgan fingerprint density at radius 1 is 1.11 bits per heavy atom. The fourth-order valence-corrected chi connectivity index (χ4v) is 3.06. The second kappa shape index (κ2) is 6.85. The number of benzene rings is 3. The summed E-state index contributed by atoms with van der Waals surface area (Å²) < 4.78 is 19.7. The average Bonchev–Trinajstić information content (AvgIpc) is 3.05. The van der Waals surface area contributed by atoms with E-state index in [4.69, 9.17) is 16.0 Å². The number of nitrogens with zero attached hydrogens (tertiary/aromatic N) is 1. The predicted octanol–water partition coefficient (Wildman–Crippen LogP) is 5.85. The number of anilines is 1. The fourth-order valence-electron chi connectivity index (χ4n) is 2.81. The van der Waals surface area contributed by atoms with E-state index < -0.39 is 11.7 Å². The summed E-state index contributed by atoms with van der Waals surface area (Å²) in [4.78, 5) is 16.8. The van der Waals surface area contributed by atoms with Crippen molar-refractivity contribution in [2.45, 2.75) is 6.92 Å². The molecule has 0 unspecified atom stereocenters. The molecule has 3 aromatic carbocycles. The Morgan fingerprint density at radius 2 is 1.93 bits per heavy atom. The summed E-state index contributed by atoms with van der Waals surface area (Å²) in [5.74, 6) is -0.812. The smallest absolute Gasteiger partial charge is 0.260 e. The summed E-state index contributed by atoms with van der Waals surface area (Å²) in [7, 11) is 0. The van der Waals surface area contributed by atoms with Crippen LogP contribution in [0.4, 0.5) is 10.1 Å². The summed E-state index contributed by atoms with van der Waals surface area (Å²) in [5.41, 5.74) is 3.41. The zero-order valence-corrected chi connectivity index (χ0v) is 15.0. The topological polar surface area (TPSA) is 55.1 Å². The highest BCUT2D eigenvalue weighted by molar-refractivity contribution is 6.34. The SMILES string of the molecule is Cc1cccc(-c2nc3ccc(NC(=O)c4c(F)cccc4Cl)cc3o2)c1. The highest BCUT2D eigenvalue weighted by Crippen LogP contribution is 2.27. The molecule has 0 bridgehead atoms. The molecule has 1 aromatic heterocycles. The number of aryl methyl sites for hydroxylation is 1. The van der Waals surface area contributed by atoms with Gasteiger partial charge in [0, 0.05) is 17.3 Å². The van der Waals surface area contributed by atoms with Crippen LogP contribution in [0, 0.1) is 12.7 Å². The Bertz CT molecular complexity index is 1150. The number of nitrogens with one attached hydrogen (secondary N) is 1. The van der Waals surface area contributed by atoms with Crippen molar-refractivity contribution in [2.24, 2.45) is 0 Å². The van der Waals surface area contributed by atoms with Gasteiger partial charge in [-0.3, -0.25) is 4.79 Å². The lowest BCUT2D eigenvalue weighted by Crippen LogP contribution is -2.14. The monoisotopic (exact) mass is 380 g/mol. The maximum absolute atomic E-state index is 13.9. The van der Waals surface area contributed by atoms with Gasteiger partial charge in [-0.15, -0.1) is 0 Å². The van der Waals surface area contributed by atoms with E-state index >= 15 is 0 Å². The molecule has 0 aliphatic carbocycles. The van der Waals surface area contributed by atoms with Crippen LogP contribution in [-0.4, -0.2) is 10.9 Å². The van der Waals surface area contributed by atoms with Crippen molar-refractivity contribution >= 4 is 34.3 Å². The van der Waals surface area contributed by atoms with Gasteiger partial charge in [0.05, 0.1) is 10.6 Å². The fraction of sp³-hybridized carbons (Fsp3) is 0.0476. The number of hydrogen-bond donors (Lipinski definition) is 1. The van der Waals surface area contributed by atoms with Crippen molar-refractivity contribution in [3.8, 4) is 11.5 Å². The molecule has 1 amide bonds. The third kappa shape index (κ3) is 3.41. The summed E-state index contributed by atoms with van der Waals surface area (Å²) in [6.45, 7) is 1.99. The minimum Gasteiger partial charge on any atom is -0.436 e. The lowest BCUT2D eigenvalue weighted by atomic mass is 10.1. The molecule has 0 radical (unpaired) electrons. The van der Waals surface area contributed by atoms with Crippen LogP contribution in [0.3, 0.4) is 0 Å². The molecule has 6 heteroatoms. The highest BCUT2D eigenvalue weighted by atomic mass is 35.5. The molecule has 0 saturated carbocycles. The first-order valence-corrected chi connectivity index (χ1v) is 8.62. The van der Waals surface area contributed by atoms with E-state index in [9.17, 15) is 9.18 Å². The molecule has 134 valence electrons. The number of halogens is 2. The van der Waals surface area contributed by atoms with E-state index in [2.05, 4.69) is 10.3 Å². The molecular weight excluding hydrogens is 367 g/mol. The van der Waals surface area contributed by atoms with E-state index in [-0.39, 0.29) is 10.6 Å². The van der Waals surface area contributed by atoms with Crippen LogP contribution >= 0.6 is 11.6 Å². The van der Waals surface area contributed by atoms with Crippen LogP contribution in [0.25, 0.3) is 22.6 Å². The van der Waals surface area contributed by atoms with Gasteiger partial charge < -0.3 is 9.73 Å². The lowest BCUT2D eigenvalue weighted by molar-refractivity contribution is 0.102. The van der Waals surface area contributed by atoms with Gasteiger partial charge in [-0.2, -0.15) is 0 Å². The highest BCUT2D eigenvalue weighted by Gasteiger charge is 2.16. The number of hydrogen-bond acceptors (Lipinski definition) is 3. The Morgan fingerprint density at radius 3 is 2.70 bits per heavy atom. The first kappa shape index (κ1) is 17.2. The van der Waals surface area contributed by atoms with Gasteiger partial charge in [0.25, 0.3) is 5.91 Å². The Kier molecular flexibility index (Phi) is 4.38. The van der Waals surface area contributed by atoms with Crippen molar-refractivity contribution in [3.63, 3.8) is 0 Å². The number of carbonyl (C=O) groups is 1. The van der Waals surface area contributed by atoms with Crippen molar-refractivity contribution in [1.82, 2.24) is 4.98 Å². The first-order valence-electron chi connectivity index (χ1n) is 8.24. The predicted molar refractivity (Wildman–Crippen MR) is 104 cm³/mol. The van der Waals surface area contributed by atoms with Crippen LogP contribution in [0.5, 0.6) is 0 Å². The molecule has 4 nitrogen and oxygen atoms in total. The third-order valence-electron chi connectivity index (χ3n) is 4.10. The number of aromatic nitrogens is 1. The minimum absolute atomic E-state index is 0.0509. The van der Waals surface area contributed by atoms with Gasteiger partial charge in [0.2, 0.25) is 5.89 Å². The standard InChI is InChI=1S/C21H14ClFN2O2/c1-12-4-2-5-13(10-12)21-25-17-9-8-14(11-18(17)27-21)24-20(26)19-15(22)6-3-7-16(19)23/h2-11H,1H3,(H,24,26). The van der Waals surface area contributed by atoms with Gasteiger partial charge in [-0.25, -0.2) is 9.37 Å². The number of oxazole rings is 1. The van der Waals surface area contributed by atoms with Crippen molar-refractivity contribution in [2.75, 3.05) is 5.32 Å². The molecule has 4 aromatic rings. The molecule has 1 N–H and O–H groups in total. The maximum Gasteiger partial charge on any atom is 0.260 e. The van der Waals surface area contributed by atoms with Crippen LogP contribution in [0.1, 0.15) is 15.9 Å². The van der Waals surface area contributed by atoms with Gasteiger partial charge >= 0.3 is 0 Å². The third-order valence-corrected chi connectivity index (χ3v) is 4.42. The molecule has 0 aliphatic heterocycles. The van der Waals surface area contributed by atoms with E-state index in [0.29, 0.717) is 22.7 Å². The molecule has 1 heterocycles. The quantitative estimate of drug-likeness (QED) is 0.485. The molecular formula is C21H14ClFN2O2. The van der Waals surface area contributed by atoms with Crippen LogP contribution in [-0.2, 0) is 0 Å². The minimum atomic E-state index is -0.678. The van der Waals surface area contributed by atoms with E-state index in [0.717, 1.165) is 11.1 Å². The molecule has 4 rings (SSSR count). The lowest BCUT2D eigenvalue weighted by Gasteiger charge is -2.07. The molecule has 0 atom stereocenters. The number of carbonyl (C=O) groups excluding carboxylic acids is 1. The molecule has 0 aliphatic rings. The zero-order valence-electron chi connectivity index (χ0n) is 14.3. The van der Waals surface area contributed by atoms with Gasteiger partial charge in [-0.05, 0) is 43.3 Å². The number of fused-ring (bicyclic) bond motifs is 1. The second-order valence-corrected chi connectivity index (χ2v) is 6.53. The molecule has 0 spiro atoms. The van der Waals surface area contributed by atoms with Crippen molar-refractivity contribution < 1.29 is 13.6 Å². The van der Waals surface area contributed by atoms with Crippen molar-refractivity contribution in [1.29, 1.82) is 0 Å². The van der Waals surface area contributed by atoms with Crippen LogP contribution in [0.15, 0.2) is 65.1 Å². The average molecular weight is 381 g/mol. The Hall–Kier alpha value is -3.18. The molecule has 0 fully saturated rings. The van der Waals surface area contributed by atoms with Crippen LogP contribution in [0.2, 0.25) is 5.02 Å². The number of rotatable bonds is 3. The molecule has 0 saturated heterocycles. The van der Waals surface area contributed by atoms with Crippen LogP contribution < -0.4 is 5.32 Å². The first-order chi connectivity index (χ1) is 13.0. The van der Waals surface area contributed by atoms with E-state index in [1.807, 2.05) is 31.2 Å². The largest absolute Gasteiger partial charge is 0.436 e. The van der Waals surface area contributed by atoms with Gasteiger partial charge in [0.1, 0.15) is 11.3 Å². The Balaban J connectivity index is 1.65. The second-order valence-electron chi connectivity index (χ2n) is 6.12. The summed E-state index contributed by atoms with van der Waals surface area (Å²) in [6, 6.07) is 17.0. The Labute approximate surface area is 159 Å². The van der Waals surface area contributed by atoms with Gasteiger partial charge in [0.15, 0.2) is 5.58 Å².